The van der Waals surface area contributed by atoms with Crippen LogP contribution in [-0.2, 0) is 61.2 Å². The van der Waals surface area contributed by atoms with Crippen molar-refractivity contribution in [3.8, 4) is 0 Å². The Balaban J connectivity index is 1.72. The van der Waals surface area contributed by atoms with Crippen LogP contribution in [0.2, 0.25) is 0 Å². The zero-order chi connectivity index (χ0) is 73.2. The Morgan fingerprint density at radius 2 is 0.700 bits per heavy atom. The molecule has 0 amide bonds. The third-order valence-electron chi connectivity index (χ3n) is 19.5. The molecule has 0 aromatic carbocycles. The van der Waals surface area contributed by atoms with Crippen molar-refractivity contribution >= 4 is 25.7 Å². The molecule has 3 fully saturated rings. The van der Waals surface area contributed by atoms with Crippen LogP contribution < -0.4 is 0 Å². The van der Waals surface area contributed by atoms with Gasteiger partial charge in [0.05, 0.1) is 13.2 Å². The van der Waals surface area contributed by atoms with Crippen molar-refractivity contribution in [3.05, 3.63) is 12.2 Å². The number of carbonyl (C=O) groups excluding carboxylic acids is 3. The summed E-state index contributed by atoms with van der Waals surface area (Å²) in [5, 5.41) is 110. The van der Waals surface area contributed by atoms with Crippen LogP contribution in [0.5, 0.6) is 0 Å². The molecule has 0 aromatic heterocycles. The average molecular weight is 1460 g/mol. The number of allylic oxidation sites excluding steroid dienone is 2. The fraction of sp³-hybridized carbons (Fsp3) is 0.933. The van der Waals surface area contributed by atoms with E-state index in [1.807, 2.05) is 0 Å². The van der Waals surface area contributed by atoms with E-state index in [9.17, 15) is 74.9 Å². The van der Waals surface area contributed by atoms with Crippen molar-refractivity contribution < 1.29 is 117 Å². The Hall–Kier alpha value is -2.30. The highest BCUT2D eigenvalue weighted by molar-refractivity contribution is 7.47. The molecule has 0 radical (unpaired) electrons. The first-order chi connectivity index (χ1) is 48.3. The molecule has 1 saturated carbocycles. The summed E-state index contributed by atoms with van der Waals surface area (Å²) >= 11 is 0. The fourth-order valence-corrected chi connectivity index (χ4v) is 14.1. The van der Waals surface area contributed by atoms with Crippen LogP contribution in [0.3, 0.4) is 0 Å². The van der Waals surface area contributed by atoms with E-state index >= 15 is 0 Å². The fourth-order valence-electron chi connectivity index (χ4n) is 13.1. The van der Waals surface area contributed by atoms with Crippen LogP contribution in [0.4, 0.5) is 0 Å². The highest BCUT2D eigenvalue weighted by atomic mass is 31.2. The Morgan fingerprint density at radius 1 is 0.380 bits per heavy atom. The van der Waals surface area contributed by atoms with Gasteiger partial charge in [0, 0.05) is 19.3 Å². The molecule has 1 aliphatic carbocycles. The molecule has 588 valence electrons. The van der Waals surface area contributed by atoms with Crippen LogP contribution in [0.15, 0.2) is 12.2 Å². The molecule has 2 saturated heterocycles. The van der Waals surface area contributed by atoms with E-state index in [-0.39, 0.29) is 19.3 Å². The van der Waals surface area contributed by atoms with Crippen molar-refractivity contribution in [1.29, 1.82) is 0 Å². The SMILES string of the molecule is CCCCCCCCC/C=C\CCCCCC(=O)OCC1OC(OC2C(O)C(O)C(O)C(OC3OC(CO)C(O)C(O)C3O)C2OP(=O)(O)OCC(COC(=O)CCCCCCCCCCCCCCCCC)OC(=O)CCCCCCCCCCCCCCCCCC)C(O)C(O)C1O. The Labute approximate surface area is 599 Å². The van der Waals surface area contributed by atoms with E-state index in [2.05, 4.69) is 32.9 Å². The number of carbonyl (C=O) groups is 3. The molecule has 11 N–H and O–H groups in total. The normalized spacial score (nSPS) is 27.3. The van der Waals surface area contributed by atoms with Gasteiger partial charge in [0.15, 0.2) is 18.7 Å². The van der Waals surface area contributed by atoms with Gasteiger partial charge in [-0.1, -0.05) is 264 Å². The predicted octanol–water partition coefficient (Wildman–Crippen LogP) is 11.5. The number of phosphoric ester groups is 1. The third-order valence-corrected chi connectivity index (χ3v) is 20.5. The van der Waals surface area contributed by atoms with E-state index in [1.54, 1.807) is 0 Å². The summed E-state index contributed by atoms with van der Waals surface area (Å²) in [6, 6.07) is 0. The standard InChI is InChI=1S/C75H139O24P/c1-4-7-10-13-16-19-22-25-28-30-33-36-39-42-45-48-51-61(79)94-56(53-91-59(77)49-46-43-40-37-35-32-29-26-23-20-17-14-11-8-5-2)54-93-100(89,90)99-73-71(97-74-69(87)64(82)62(80)57(52-76)95-74)67(85)66(84)68(86)72(73)98-75-70(88)65(83)63(81)58(96-75)55-92-60(78)50-47-44-41-38-34-31-27-24-21-18-15-12-9-6-3/h31,34,56-58,62-76,80-88H,4-30,32-33,35-55H2,1-3H3,(H,89,90)/b34-31-. The van der Waals surface area contributed by atoms with Gasteiger partial charge < -0.3 is 89.1 Å². The number of ether oxygens (including phenoxy) is 7. The summed E-state index contributed by atoms with van der Waals surface area (Å²) in [4.78, 5) is 51.1. The first kappa shape index (κ1) is 91.9. The number of unbranched alkanes of at least 4 members (excludes halogenated alkanes) is 39. The van der Waals surface area contributed by atoms with E-state index in [0.29, 0.717) is 19.3 Å². The predicted molar refractivity (Wildman–Crippen MR) is 379 cm³/mol. The lowest BCUT2D eigenvalue weighted by molar-refractivity contribution is -0.360. The number of phosphoric acid groups is 1. The second-order valence-electron chi connectivity index (χ2n) is 28.4. The molecule has 0 bridgehead atoms. The van der Waals surface area contributed by atoms with Crippen LogP contribution in [0, 0.1) is 0 Å². The number of hydrogen-bond donors (Lipinski definition) is 11. The molecule has 25 heteroatoms. The zero-order valence-electron chi connectivity index (χ0n) is 61.5. The van der Waals surface area contributed by atoms with Gasteiger partial charge in [-0.05, 0) is 44.9 Å². The maximum absolute atomic E-state index is 14.4. The van der Waals surface area contributed by atoms with Crippen molar-refractivity contribution in [2.75, 3.05) is 26.4 Å². The molecule has 3 aliphatic rings. The van der Waals surface area contributed by atoms with E-state index < -0.39 is 156 Å². The highest BCUT2D eigenvalue weighted by Gasteiger charge is 2.58. The van der Waals surface area contributed by atoms with Gasteiger partial charge in [-0.2, -0.15) is 0 Å². The van der Waals surface area contributed by atoms with Gasteiger partial charge in [-0.15, -0.1) is 0 Å². The second kappa shape index (κ2) is 57.0. The minimum Gasteiger partial charge on any atom is -0.463 e. The van der Waals surface area contributed by atoms with Gasteiger partial charge in [0.25, 0.3) is 0 Å². The number of rotatable bonds is 62. The average Bonchev–Trinajstić information content (AvgIpc) is 0.764. The Bertz CT molecular complexity index is 2110. The smallest absolute Gasteiger partial charge is 0.463 e. The maximum atomic E-state index is 14.4. The van der Waals surface area contributed by atoms with Gasteiger partial charge >= 0.3 is 25.7 Å². The zero-order valence-corrected chi connectivity index (χ0v) is 62.4. The molecule has 24 nitrogen and oxygen atoms in total. The number of esters is 3. The third kappa shape index (κ3) is 39.3. The summed E-state index contributed by atoms with van der Waals surface area (Å²) < 4.78 is 65.1. The Morgan fingerprint density at radius 3 is 1.09 bits per heavy atom. The quantitative estimate of drug-likeness (QED) is 0.00886. The maximum Gasteiger partial charge on any atom is 0.472 e. The first-order valence-electron chi connectivity index (χ1n) is 39.5. The minimum absolute atomic E-state index is 0.00972. The second-order valence-corrected chi connectivity index (χ2v) is 29.8. The van der Waals surface area contributed by atoms with E-state index in [4.69, 9.17) is 42.2 Å². The summed E-state index contributed by atoms with van der Waals surface area (Å²) in [7, 11) is -5.70. The molecule has 0 aromatic rings. The van der Waals surface area contributed by atoms with Gasteiger partial charge in [-0.3, -0.25) is 23.4 Å². The summed E-state index contributed by atoms with van der Waals surface area (Å²) in [6.07, 6.45) is 16.9. The number of aliphatic hydroxyl groups excluding tert-OH is 10. The molecule has 18 unspecified atom stereocenters. The molecule has 18 atom stereocenters. The lowest BCUT2D eigenvalue weighted by atomic mass is 9.84. The highest BCUT2D eigenvalue weighted by Crippen LogP contribution is 2.49. The van der Waals surface area contributed by atoms with E-state index in [0.717, 1.165) is 89.9 Å². The minimum atomic E-state index is -5.70. The topological polar surface area (TPSA) is 374 Å². The van der Waals surface area contributed by atoms with Crippen LogP contribution in [0.1, 0.15) is 316 Å². The lowest BCUT2D eigenvalue weighted by Gasteiger charge is -2.49. The molecule has 0 spiro atoms. The molecule has 2 heterocycles. The largest absolute Gasteiger partial charge is 0.472 e. The van der Waals surface area contributed by atoms with Crippen LogP contribution in [-0.4, -0.2) is 204 Å². The van der Waals surface area contributed by atoms with Gasteiger partial charge in [-0.25, -0.2) is 4.57 Å². The van der Waals surface area contributed by atoms with Crippen molar-refractivity contribution in [3.63, 3.8) is 0 Å². The van der Waals surface area contributed by atoms with Gasteiger partial charge in [0.1, 0.15) is 98.7 Å². The molecular formula is C75H139O24P. The summed E-state index contributed by atoms with van der Waals surface area (Å²) in [5.74, 6) is -1.99. The lowest BCUT2D eigenvalue weighted by Crippen LogP contribution is -2.69. The van der Waals surface area contributed by atoms with Crippen molar-refractivity contribution in [2.24, 2.45) is 0 Å². The number of hydrogen-bond acceptors (Lipinski definition) is 23. The first-order valence-corrected chi connectivity index (χ1v) is 41.0. The van der Waals surface area contributed by atoms with Crippen molar-refractivity contribution in [2.45, 2.75) is 420 Å². The summed E-state index contributed by atoms with van der Waals surface area (Å²) in [5.41, 5.74) is 0. The monoisotopic (exact) mass is 1450 g/mol. The summed E-state index contributed by atoms with van der Waals surface area (Å²) in [6.45, 7) is 3.47. The van der Waals surface area contributed by atoms with Crippen molar-refractivity contribution in [1.82, 2.24) is 0 Å². The number of aliphatic hydroxyl groups is 10. The molecule has 2 aliphatic heterocycles. The molecule has 3 rings (SSSR count). The van der Waals surface area contributed by atoms with Crippen LogP contribution >= 0.6 is 7.82 Å². The molecular weight excluding hydrogens is 1320 g/mol. The molecule has 100 heavy (non-hydrogen) atoms. The van der Waals surface area contributed by atoms with Gasteiger partial charge in [0.2, 0.25) is 0 Å². The van der Waals surface area contributed by atoms with E-state index in [1.165, 1.54) is 167 Å². The Kier molecular flexibility index (Phi) is 52.3. The van der Waals surface area contributed by atoms with Crippen LogP contribution in [0.25, 0.3) is 0 Å².